The van der Waals surface area contributed by atoms with Crippen LogP contribution in [0.4, 0.5) is 5.69 Å². The summed E-state index contributed by atoms with van der Waals surface area (Å²) >= 11 is 0. The van der Waals surface area contributed by atoms with Gasteiger partial charge in [-0.3, -0.25) is 4.99 Å². The van der Waals surface area contributed by atoms with Crippen LogP contribution < -0.4 is 20.1 Å². The summed E-state index contributed by atoms with van der Waals surface area (Å²) in [5.74, 6) is 3.30. The minimum atomic E-state index is 0.640. The van der Waals surface area contributed by atoms with Crippen LogP contribution in [0.3, 0.4) is 0 Å². The fourth-order valence-electron chi connectivity index (χ4n) is 3.42. The second-order valence-corrected chi connectivity index (χ2v) is 6.90. The van der Waals surface area contributed by atoms with Crippen LogP contribution in [0, 0.1) is 6.92 Å². The number of hydrogen-bond donors (Lipinski definition) is 2. The monoisotopic (exact) mass is 393 g/mol. The first-order chi connectivity index (χ1) is 14.2. The number of nitrogens with zero attached hydrogens (tertiary/aromatic N) is 3. The number of aryl methyl sites for hydroxylation is 1. The molecule has 2 N–H and O–H groups in total. The van der Waals surface area contributed by atoms with E-state index in [0.29, 0.717) is 19.8 Å². The van der Waals surface area contributed by atoms with Gasteiger partial charge in [-0.25, -0.2) is 4.98 Å². The third-order valence-electron chi connectivity index (χ3n) is 4.79. The minimum absolute atomic E-state index is 0.640. The van der Waals surface area contributed by atoms with E-state index in [-0.39, 0.29) is 0 Å². The summed E-state index contributed by atoms with van der Waals surface area (Å²) in [5, 5.41) is 6.66. The number of nitrogens with one attached hydrogen (secondary N) is 2. The first kappa shape index (κ1) is 19.1. The molecule has 2 aromatic carbocycles. The fraction of sp³-hybridized carbons (Fsp3) is 0.364. The van der Waals surface area contributed by atoms with Crippen LogP contribution in [0.15, 0.2) is 47.5 Å². The van der Waals surface area contributed by atoms with Crippen molar-refractivity contribution in [3.8, 4) is 11.5 Å². The lowest BCUT2D eigenvalue weighted by Crippen LogP contribution is -2.31. The highest BCUT2D eigenvalue weighted by molar-refractivity contribution is 5.94. The molecule has 1 aliphatic rings. The van der Waals surface area contributed by atoms with Crippen LogP contribution in [-0.2, 0) is 6.54 Å². The van der Waals surface area contributed by atoms with E-state index in [2.05, 4.69) is 33.2 Å². The lowest BCUT2D eigenvalue weighted by atomic mass is 10.3. The average Bonchev–Trinajstić information content (AvgIpc) is 2.88. The predicted octanol–water partition coefficient (Wildman–Crippen LogP) is 3.58. The van der Waals surface area contributed by atoms with Gasteiger partial charge in [-0.15, -0.1) is 0 Å². The predicted molar refractivity (Wildman–Crippen MR) is 116 cm³/mol. The van der Waals surface area contributed by atoms with Gasteiger partial charge in [0, 0.05) is 31.3 Å². The van der Waals surface area contributed by atoms with Crippen LogP contribution in [0.5, 0.6) is 11.5 Å². The number of guanidine groups is 1. The molecule has 7 heteroatoms. The van der Waals surface area contributed by atoms with E-state index >= 15 is 0 Å². The normalized spacial score (nSPS) is 13.9. The van der Waals surface area contributed by atoms with Gasteiger partial charge in [0.25, 0.3) is 0 Å². The topological polar surface area (TPSA) is 72.7 Å². The molecule has 29 heavy (non-hydrogen) atoms. The first-order valence-electron chi connectivity index (χ1n) is 10.1. The maximum atomic E-state index is 5.78. The van der Waals surface area contributed by atoms with Crippen molar-refractivity contribution in [3.63, 3.8) is 0 Å². The molecule has 0 atom stereocenters. The molecule has 0 aliphatic carbocycles. The number of benzene rings is 2. The van der Waals surface area contributed by atoms with E-state index in [1.54, 1.807) is 0 Å². The molecule has 4 rings (SSSR count). The molecule has 0 fully saturated rings. The molecule has 152 valence electrons. The Kier molecular flexibility index (Phi) is 5.84. The molecule has 0 unspecified atom stereocenters. The second-order valence-electron chi connectivity index (χ2n) is 6.90. The van der Waals surface area contributed by atoms with Gasteiger partial charge in [0.1, 0.15) is 5.82 Å². The van der Waals surface area contributed by atoms with Gasteiger partial charge in [0.2, 0.25) is 0 Å². The molecule has 1 aliphatic heterocycles. The van der Waals surface area contributed by atoms with Gasteiger partial charge in [0.05, 0.1) is 30.8 Å². The van der Waals surface area contributed by atoms with Crippen LogP contribution >= 0.6 is 0 Å². The molecule has 0 saturated carbocycles. The summed E-state index contributed by atoms with van der Waals surface area (Å²) in [6.07, 6.45) is 0.893. The van der Waals surface area contributed by atoms with Crippen molar-refractivity contribution in [2.45, 2.75) is 26.8 Å². The summed E-state index contributed by atoms with van der Waals surface area (Å²) in [5.41, 5.74) is 3.07. The lowest BCUT2D eigenvalue weighted by Gasteiger charge is -2.14. The Labute approximate surface area is 170 Å². The number of rotatable bonds is 5. The van der Waals surface area contributed by atoms with Crippen molar-refractivity contribution in [3.05, 3.63) is 48.3 Å². The lowest BCUT2D eigenvalue weighted by molar-refractivity contribution is 0.297. The molecule has 3 aromatic rings. The second kappa shape index (κ2) is 8.86. The zero-order valence-electron chi connectivity index (χ0n) is 16.9. The van der Waals surface area contributed by atoms with Gasteiger partial charge in [-0.2, -0.15) is 0 Å². The zero-order valence-corrected chi connectivity index (χ0v) is 16.9. The highest BCUT2D eigenvalue weighted by Crippen LogP contribution is 2.32. The summed E-state index contributed by atoms with van der Waals surface area (Å²) in [6.45, 7) is 7.63. The molecular weight excluding hydrogens is 366 g/mol. The van der Waals surface area contributed by atoms with E-state index in [1.807, 2.05) is 43.3 Å². The van der Waals surface area contributed by atoms with Crippen molar-refractivity contribution in [1.82, 2.24) is 14.9 Å². The maximum Gasteiger partial charge on any atom is 0.195 e. The molecule has 0 amide bonds. The highest BCUT2D eigenvalue weighted by atomic mass is 16.5. The van der Waals surface area contributed by atoms with E-state index in [4.69, 9.17) is 14.5 Å². The Balaban J connectivity index is 1.46. The first-order valence-corrected chi connectivity index (χ1v) is 10.1. The van der Waals surface area contributed by atoms with Crippen LogP contribution in [0.2, 0.25) is 0 Å². The number of ether oxygens (including phenoxy) is 2. The average molecular weight is 393 g/mol. The van der Waals surface area contributed by atoms with Crippen molar-refractivity contribution < 1.29 is 9.47 Å². The van der Waals surface area contributed by atoms with Gasteiger partial charge in [-0.05, 0) is 38.1 Å². The summed E-state index contributed by atoms with van der Waals surface area (Å²) in [6, 6.07) is 14.1. The molecule has 7 nitrogen and oxygen atoms in total. The molecule has 0 radical (unpaired) electrons. The molecular formula is C22H27N5O2. The molecule has 0 bridgehead atoms. The molecule has 2 heterocycles. The third kappa shape index (κ3) is 4.45. The number of anilines is 1. The van der Waals surface area contributed by atoms with Crippen LogP contribution in [0.25, 0.3) is 11.0 Å². The number of hydrogen-bond acceptors (Lipinski definition) is 4. The fourth-order valence-corrected chi connectivity index (χ4v) is 3.42. The smallest absolute Gasteiger partial charge is 0.195 e. The standard InChI is InChI=1S/C22H27N5O2/c1-3-23-22(26-17-9-10-20-21(15-17)29-14-6-13-28-20)24-11-12-27-16(2)25-18-7-4-5-8-19(18)27/h4-5,7-10,15H,3,6,11-14H2,1-2H3,(H2,23,24,26). The van der Waals surface area contributed by atoms with Gasteiger partial charge in [0.15, 0.2) is 17.5 Å². The van der Waals surface area contributed by atoms with Crippen LogP contribution in [0.1, 0.15) is 19.2 Å². The van der Waals surface area contributed by atoms with Gasteiger partial charge in [-0.1, -0.05) is 12.1 Å². The van der Waals surface area contributed by atoms with Crippen molar-refractivity contribution >= 4 is 22.7 Å². The van der Waals surface area contributed by atoms with Gasteiger partial charge >= 0.3 is 0 Å². The summed E-state index contributed by atoms with van der Waals surface area (Å²) < 4.78 is 13.7. The van der Waals surface area contributed by atoms with E-state index in [0.717, 1.165) is 59.5 Å². The number of para-hydroxylation sites is 2. The summed E-state index contributed by atoms with van der Waals surface area (Å²) in [4.78, 5) is 9.36. The van der Waals surface area contributed by atoms with E-state index in [9.17, 15) is 0 Å². The number of fused-ring (bicyclic) bond motifs is 2. The van der Waals surface area contributed by atoms with Crippen molar-refractivity contribution in [2.24, 2.45) is 4.99 Å². The maximum absolute atomic E-state index is 5.78. The highest BCUT2D eigenvalue weighted by Gasteiger charge is 2.11. The third-order valence-corrected chi connectivity index (χ3v) is 4.79. The largest absolute Gasteiger partial charge is 0.490 e. The Morgan fingerprint density at radius 1 is 1.14 bits per heavy atom. The molecule has 0 saturated heterocycles. The Morgan fingerprint density at radius 2 is 1.97 bits per heavy atom. The number of aliphatic imine (C=N–C) groups is 1. The Hall–Kier alpha value is -3.22. The number of aromatic nitrogens is 2. The molecule has 1 aromatic heterocycles. The minimum Gasteiger partial charge on any atom is -0.490 e. The van der Waals surface area contributed by atoms with E-state index < -0.39 is 0 Å². The quantitative estimate of drug-likeness (QED) is 0.512. The molecule has 0 spiro atoms. The van der Waals surface area contributed by atoms with Crippen molar-refractivity contribution in [2.75, 3.05) is 31.6 Å². The Morgan fingerprint density at radius 3 is 2.83 bits per heavy atom. The van der Waals surface area contributed by atoms with Gasteiger partial charge < -0.3 is 24.7 Å². The van der Waals surface area contributed by atoms with Crippen LogP contribution in [-0.4, -0.2) is 41.8 Å². The van der Waals surface area contributed by atoms with Crippen molar-refractivity contribution in [1.29, 1.82) is 0 Å². The SMILES string of the molecule is CCNC(=NCCn1c(C)nc2ccccc21)Nc1ccc2c(c1)OCCCO2. The zero-order chi connectivity index (χ0) is 20.1. The van der Waals surface area contributed by atoms with E-state index in [1.165, 1.54) is 0 Å². The Bertz CT molecular complexity index is 1010. The number of imidazole rings is 1. The summed E-state index contributed by atoms with van der Waals surface area (Å²) in [7, 11) is 0.